The van der Waals surface area contributed by atoms with Crippen LogP contribution in [0.25, 0.3) is 0 Å². The third kappa shape index (κ3) is 7.04. The molecule has 1 aromatic carbocycles. The monoisotopic (exact) mass is 511 g/mol. The van der Waals surface area contributed by atoms with E-state index in [2.05, 4.69) is 25.8 Å². The van der Waals surface area contributed by atoms with Crippen LogP contribution >= 0.6 is 24.0 Å². The van der Waals surface area contributed by atoms with Crippen LogP contribution in [0.5, 0.6) is 0 Å². The van der Waals surface area contributed by atoms with Gasteiger partial charge >= 0.3 is 0 Å². The van der Waals surface area contributed by atoms with Crippen molar-refractivity contribution in [3.8, 4) is 0 Å². The van der Waals surface area contributed by atoms with E-state index >= 15 is 0 Å². The summed E-state index contributed by atoms with van der Waals surface area (Å²) in [7, 11) is 1.76. The van der Waals surface area contributed by atoms with Crippen LogP contribution < -0.4 is 16.0 Å². The summed E-state index contributed by atoms with van der Waals surface area (Å²) in [5.41, 5.74) is 1.86. The largest absolute Gasteiger partial charge is 0.468 e. The molecule has 1 atom stereocenters. The Labute approximate surface area is 189 Å². The molecule has 0 bridgehead atoms. The van der Waals surface area contributed by atoms with E-state index in [-0.39, 0.29) is 35.9 Å². The number of carbonyl (C=O) groups excluding carboxylic acids is 1. The molecule has 158 valence electrons. The van der Waals surface area contributed by atoms with Crippen LogP contribution in [0.1, 0.15) is 37.1 Å². The standard InChI is InChI=1S/C21H29N5O2.HI/c1-16(27)25-18-8-5-7-17(13-18)14-23-21(22-2)24-15-19(20-9-6-12-28-20)26-10-3-4-11-26;/h5-9,12-13,19H,3-4,10-11,14-15H2,1-2H3,(H,25,27)(H2,22,23,24);1H. The second kappa shape index (κ2) is 11.8. The molecule has 1 aromatic heterocycles. The van der Waals surface area contributed by atoms with Crippen LogP contribution in [0.15, 0.2) is 52.1 Å². The second-order valence-electron chi connectivity index (χ2n) is 6.96. The number of aliphatic imine (C=N–C) groups is 1. The summed E-state index contributed by atoms with van der Waals surface area (Å²) in [6, 6.07) is 11.9. The fraction of sp³-hybridized carbons (Fsp3) is 0.429. The molecule has 2 aromatic rings. The van der Waals surface area contributed by atoms with Gasteiger partial charge in [-0.25, -0.2) is 0 Å². The van der Waals surface area contributed by atoms with Crippen LogP contribution in [0.4, 0.5) is 5.69 Å². The van der Waals surface area contributed by atoms with Crippen LogP contribution in [-0.2, 0) is 11.3 Å². The molecule has 29 heavy (non-hydrogen) atoms. The highest BCUT2D eigenvalue weighted by atomic mass is 127. The summed E-state index contributed by atoms with van der Waals surface area (Å²) < 4.78 is 5.67. The topological polar surface area (TPSA) is 81.9 Å². The number of nitrogens with zero attached hydrogens (tertiary/aromatic N) is 2. The Morgan fingerprint density at radius 1 is 1.21 bits per heavy atom. The highest BCUT2D eigenvalue weighted by Crippen LogP contribution is 2.24. The van der Waals surface area contributed by atoms with Gasteiger partial charge in [-0.15, -0.1) is 24.0 Å². The minimum absolute atomic E-state index is 0. The Balaban J connectivity index is 0.00000300. The molecular formula is C21H30IN5O2. The molecule has 0 aliphatic carbocycles. The zero-order valence-electron chi connectivity index (χ0n) is 17.0. The zero-order valence-corrected chi connectivity index (χ0v) is 19.3. The quantitative estimate of drug-likeness (QED) is 0.302. The summed E-state index contributed by atoms with van der Waals surface area (Å²) in [5, 5.41) is 9.56. The van der Waals surface area contributed by atoms with Crippen molar-refractivity contribution in [2.24, 2.45) is 4.99 Å². The number of hydrogen-bond donors (Lipinski definition) is 3. The van der Waals surface area contributed by atoms with E-state index in [1.54, 1.807) is 13.3 Å². The van der Waals surface area contributed by atoms with Crippen LogP contribution in [0.2, 0.25) is 0 Å². The Kier molecular flexibility index (Phi) is 9.46. The summed E-state index contributed by atoms with van der Waals surface area (Å²) in [4.78, 5) is 18.0. The smallest absolute Gasteiger partial charge is 0.221 e. The van der Waals surface area contributed by atoms with Crippen molar-refractivity contribution in [1.29, 1.82) is 0 Å². The number of halogens is 1. The molecule has 1 aliphatic heterocycles. The molecule has 0 spiro atoms. The molecule has 7 nitrogen and oxygen atoms in total. The first-order chi connectivity index (χ1) is 13.7. The van der Waals surface area contributed by atoms with Crippen molar-refractivity contribution in [3.63, 3.8) is 0 Å². The molecule has 0 saturated carbocycles. The number of guanidine groups is 1. The normalized spacial score (nSPS) is 15.4. The van der Waals surface area contributed by atoms with Gasteiger partial charge in [0.15, 0.2) is 5.96 Å². The van der Waals surface area contributed by atoms with Gasteiger partial charge < -0.3 is 20.4 Å². The Bertz CT molecular complexity index is 788. The van der Waals surface area contributed by atoms with Gasteiger partial charge in [0.2, 0.25) is 5.91 Å². The minimum atomic E-state index is -0.0755. The van der Waals surface area contributed by atoms with Gasteiger partial charge in [0.25, 0.3) is 0 Å². The first-order valence-electron chi connectivity index (χ1n) is 9.74. The summed E-state index contributed by atoms with van der Waals surface area (Å²) in [6.45, 7) is 5.03. The summed E-state index contributed by atoms with van der Waals surface area (Å²) >= 11 is 0. The number of rotatable bonds is 7. The number of benzene rings is 1. The van der Waals surface area contributed by atoms with Gasteiger partial charge in [-0.2, -0.15) is 0 Å². The molecule has 2 heterocycles. The summed E-state index contributed by atoms with van der Waals surface area (Å²) in [5.74, 6) is 1.64. The lowest BCUT2D eigenvalue weighted by Gasteiger charge is -2.26. The third-order valence-corrected chi connectivity index (χ3v) is 4.85. The van der Waals surface area contributed by atoms with Crippen LogP contribution in [0, 0.1) is 0 Å². The van der Waals surface area contributed by atoms with E-state index < -0.39 is 0 Å². The highest BCUT2D eigenvalue weighted by molar-refractivity contribution is 14.0. The SMILES string of the molecule is CN=C(NCc1cccc(NC(C)=O)c1)NCC(c1ccco1)N1CCCC1.I. The molecule has 1 fully saturated rings. The van der Waals surface area contributed by atoms with Gasteiger partial charge in [-0.05, 0) is 55.8 Å². The van der Waals surface area contributed by atoms with Gasteiger partial charge in [0, 0.05) is 32.7 Å². The second-order valence-corrected chi connectivity index (χ2v) is 6.96. The lowest BCUT2D eigenvalue weighted by molar-refractivity contribution is -0.114. The van der Waals surface area contributed by atoms with Gasteiger partial charge in [0.05, 0.1) is 12.3 Å². The van der Waals surface area contributed by atoms with Crippen molar-refractivity contribution in [2.75, 3.05) is 32.0 Å². The Morgan fingerprint density at radius 2 is 2.00 bits per heavy atom. The lowest BCUT2D eigenvalue weighted by atomic mass is 10.2. The predicted molar refractivity (Wildman–Crippen MR) is 127 cm³/mol. The molecule has 1 aliphatic rings. The number of likely N-dealkylation sites (tertiary alicyclic amines) is 1. The molecule has 3 N–H and O–H groups in total. The summed E-state index contributed by atoms with van der Waals surface area (Å²) in [6.07, 6.45) is 4.19. The van der Waals surface area contributed by atoms with E-state index in [0.717, 1.165) is 42.6 Å². The van der Waals surface area contributed by atoms with E-state index in [0.29, 0.717) is 6.54 Å². The lowest BCUT2D eigenvalue weighted by Crippen LogP contribution is -2.42. The zero-order chi connectivity index (χ0) is 19.8. The molecule has 3 rings (SSSR count). The highest BCUT2D eigenvalue weighted by Gasteiger charge is 2.25. The maximum Gasteiger partial charge on any atom is 0.221 e. The fourth-order valence-electron chi connectivity index (χ4n) is 3.51. The van der Waals surface area contributed by atoms with Gasteiger partial charge in [-0.3, -0.25) is 14.7 Å². The number of furan rings is 1. The van der Waals surface area contributed by atoms with Crippen molar-refractivity contribution in [2.45, 2.75) is 32.4 Å². The molecule has 1 unspecified atom stereocenters. The molecule has 1 saturated heterocycles. The molecular weight excluding hydrogens is 481 g/mol. The first kappa shape index (κ1) is 23.2. The number of amides is 1. The van der Waals surface area contributed by atoms with Gasteiger partial charge in [-0.1, -0.05) is 12.1 Å². The van der Waals surface area contributed by atoms with Gasteiger partial charge in [0.1, 0.15) is 5.76 Å². The van der Waals surface area contributed by atoms with Crippen molar-refractivity contribution in [1.82, 2.24) is 15.5 Å². The number of hydrogen-bond acceptors (Lipinski definition) is 4. The van der Waals surface area contributed by atoms with E-state index in [1.165, 1.54) is 19.8 Å². The maximum atomic E-state index is 11.2. The Morgan fingerprint density at radius 3 is 2.66 bits per heavy atom. The predicted octanol–water partition coefficient (Wildman–Crippen LogP) is 3.36. The molecule has 8 heteroatoms. The van der Waals surface area contributed by atoms with Crippen molar-refractivity contribution >= 4 is 41.5 Å². The number of nitrogens with one attached hydrogen (secondary N) is 3. The average Bonchev–Trinajstić information content (AvgIpc) is 3.39. The van der Waals surface area contributed by atoms with Crippen molar-refractivity contribution < 1.29 is 9.21 Å². The van der Waals surface area contributed by atoms with Crippen LogP contribution in [-0.4, -0.2) is 43.4 Å². The molecule has 1 amide bonds. The van der Waals surface area contributed by atoms with Crippen LogP contribution in [0.3, 0.4) is 0 Å². The molecule has 0 radical (unpaired) electrons. The number of carbonyl (C=O) groups is 1. The van der Waals surface area contributed by atoms with Crippen molar-refractivity contribution in [3.05, 3.63) is 54.0 Å². The van der Waals surface area contributed by atoms with E-state index in [1.807, 2.05) is 36.4 Å². The number of anilines is 1. The average molecular weight is 511 g/mol. The van der Waals surface area contributed by atoms with E-state index in [9.17, 15) is 4.79 Å². The third-order valence-electron chi connectivity index (χ3n) is 4.85. The fourth-order valence-corrected chi connectivity index (χ4v) is 3.51. The first-order valence-corrected chi connectivity index (χ1v) is 9.74. The minimum Gasteiger partial charge on any atom is -0.468 e. The Hall–Kier alpha value is -2.07. The van der Waals surface area contributed by atoms with E-state index in [4.69, 9.17) is 4.42 Å². The maximum absolute atomic E-state index is 11.2.